The monoisotopic (exact) mass is 339 g/mol. The van der Waals surface area contributed by atoms with Crippen LogP contribution in [-0.4, -0.2) is 19.3 Å². The molecule has 0 bridgehead atoms. The average molecular weight is 339 g/mol. The first-order valence-corrected chi connectivity index (χ1v) is 8.22. The van der Waals surface area contributed by atoms with Gasteiger partial charge >= 0.3 is 0 Å². The van der Waals surface area contributed by atoms with Crippen LogP contribution >= 0.6 is 0 Å². The number of para-hydroxylation sites is 2. The molecule has 2 aromatic carbocycles. The second-order valence-corrected chi connectivity index (χ2v) is 5.87. The topological polar surface area (TPSA) is 43.6 Å². The highest BCUT2D eigenvalue weighted by molar-refractivity contribution is 5.58. The lowest BCUT2D eigenvalue weighted by Crippen LogP contribution is -2.38. The molecule has 2 heterocycles. The fraction of sp³-hybridized carbons (Fsp3) is 0.200. The molecular formula is C20H18FNO3. The molecule has 0 fully saturated rings. The SMILES string of the molecule is Fc1ccccc1-c1ccc(CNC[C@H]2COc3ccccc3O2)o1. The third-order valence-corrected chi connectivity index (χ3v) is 4.04. The van der Waals surface area contributed by atoms with E-state index in [1.165, 1.54) is 6.07 Å². The zero-order valence-corrected chi connectivity index (χ0v) is 13.6. The van der Waals surface area contributed by atoms with Crippen LogP contribution < -0.4 is 14.8 Å². The van der Waals surface area contributed by atoms with E-state index in [-0.39, 0.29) is 11.9 Å². The zero-order valence-electron chi connectivity index (χ0n) is 13.6. The van der Waals surface area contributed by atoms with Gasteiger partial charge < -0.3 is 19.2 Å². The van der Waals surface area contributed by atoms with E-state index >= 15 is 0 Å². The van der Waals surface area contributed by atoms with Gasteiger partial charge in [-0.2, -0.15) is 0 Å². The smallest absolute Gasteiger partial charge is 0.161 e. The lowest BCUT2D eigenvalue weighted by molar-refractivity contribution is 0.0899. The van der Waals surface area contributed by atoms with Crippen molar-refractivity contribution in [3.63, 3.8) is 0 Å². The van der Waals surface area contributed by atoms with Crippen LogP contribution in [0.4, 0.5) is 4.39 Å². The number of benzene rings is 2. The summed E-state index contributed by atoms with van der Waals surface area (Å²) in [4.78, 5) is 0. The summed E-state index contributed by atoms with van der Waals surface area (Å²) in [6.45, 7) is 1.67. The maximum absolute atomic E-state index is 13.8. The van der Waals surface area contributed by atoms with Crippen LogP contribution in [0.5, 0.6) is 11.5 Å². The van der Waals surface area contributed by atoms with Gasteiger partial charge in [0, 0.05) is 6.54 Å². The molecule has 128 valence electrons. The molecule has 1 atom stereocenters. The van der Waals surface area contributed by atoms with Crippen LogP contribution in [-0.2, 0) is 6.54 Å². The number of furan rings is 1. The van der Waals surface area contributed by atoms with Gasteiger partial charge in [-0.1, -0.05) is 24.3 Å². The highest BCUT2D eigenvalue weighted by Gasteiger charge is 2.20. The average Bonchev–Trinajstić information content (AvgIpc) is 3.11. The largest absolute Gasteiger partial charge is 0.486 e. The van der Waals surface area contributed by atoms with E-state index in [1.54, 1.807) is 24.3 Å². The Hall–Kier alpha value is -2.79. The molecule has 3 aromatic rings. The normalized spacial score (nSPS) is 16.0. The van der Waals surface area contributed by atoms with Crippen molar-refractivity contribution < 1.29 is 18.3 Å². The number of hydrogen-bond donors (Lipinski definition) is 1. The summed E-state index contributed by atoms with van der Waals surface area (Å²) in [6.07, 6.45) is -0.0594. The Balaban J connectivity index is 1.32. The van der Waals surface area contributed by atoms with E-state index in [2.05, 4.69) is 5.32 Å². The third-order valence-electron chi connectivity index (χ3n) is 4.04. The van der Waals surface area contributed by atoms with Gasteiger partial charge in [0.1, 0.15) is 30.0 Å². The molecule has 4 nitrogen and oxygen atoms in total. The summed E-state index contributed by atoms with van der Waals surface area (Å²) in [5.41, 5.74) is 0.467. The van der Waals surface area contributed by atoms with E-state index < -0.39 is 0 Å². The highest BCUT2D eigenvalue weighted by Crippen LogP contribution is 2.30. The van der Waals surface area contributed by atoms with Crippen LogP contribution in [0, 0.1) is 5.82 Å². The van der Waals surface area contributed by atoms with E-state index in [0.717, 1.165) is 17.3 Å². The molecule has 1 N–H and O–H groups in total. The Morgan fingerprint density at radius 1 is 0.960 bits per heavy atom. The molecule has 4 rings (SSSR count). The van der Waals surface area contributed by atoms with Crippen LogP contribution in [0.15, 0.2) is 65.1 Å². The van der Waals surface area contributed by atoms with Crippen molar-refractivity contribution in [3.05, 3.63) is 72.2 Å². The molecule has 0 aliphatic carbocycles. The number of halogens is 1. The first kappa shape index (κ1) is 15.7. The van der Waals surface area contributed by atoms with Crippen molar-refractivity contribution in [2.75, 3.05) is 13.2 Å². The van der Waals surface area contributed by atoms with E-state index in [9.17, 15) is 4.39 Å². The summed E-state index contributed by atoms with van der Waals surface area (Å²) < 4.78 is 31.1. The molecule has 0 unspecified atom stereocenters. The Morgan fingerprint density at radius 3 is 2.64 bits per heavy atom. The van der Waals surface area contributed by atoms with Gasteiger partial charge in [0.2, 0.25) is 0 Å². The number of nitrogens with one attached hydrogen (secondary N) is 1. The molecule has 0 saturated carbocycles. The van der Waals surface area contributed by atoms with Crippen molar-refractivity contribution in [1.82, 2.24) is 5.32 Å². The molecule has 1 aliphatic rings. The van der Waals surface area contributed by atoms with Gasteiger partial charge in [-0.05, 0) is 36.4 Å². The van der Waals surface area contributed by atoms with E-state index in [4.69, 9.17) is 13.9 Å². The third kappa shape index (κ3) is 3.51. The lowest BCUT2D eigenvalue weighted by Gasteiger charge is -2.26. The van der Waals surface area contributed by atoms with Crippen molar-refractivity contribution in [2.45, 2.75) is 12.6 Å². The minimum Gasteiger partial charge on any atom is -0.486 e. The quantitative estimate of drug-likeness (QED) is 0.763. The number of fused-ring (bicyclic) bond motifs is 1. The van der Waals surface area contributed by atoms with E-state index in [1.807, 2.05) is 30.3 Å². The molecule has 1 aromatic heterocycles. The fourth-order valence-electron chi connectivity index (χ4n) is 2.80. The summed E-state index contributed by atoms with van der Waals surface area (Å²) in [5.74, 6) is 2.53. The Labute approximate surface area is 145 Å². The first-order valence-electron chi connectivity index (χ1n) is 8.22. The van der Waals surface area contributed by atoms with Crippen molar-refractivity contribution in [2.24, 2.45) is 0 Å². The maximum Gasteiger partial charge on any atom is 0.161 e. The molecule has 1 aliphatic heterocycles. The number of rotatable bonds is 5. The Kier molecular flexibility index (Phi) is 4.39. The van der Waals surface area contributed by atoms with Crippen LogP contribution in [0.2, 0.25) is 0 Å². The first-order chi connectivity index (χ1) is 12.3. The van der Waals surface area contributed by atoms with Crippen molar-refractivity contribution in [1.29, 1.82) is 0 Å². The highest BCUT2D eigenvalue weighted by atomic mass is 19.1. The number of hydrogen-bond acceptors (Lipinski definition) is 4. The Bertz CT molecular complexity index is 861. The van der Waals surface area contributed by atoms with E-state index in [0.29, 0.717) is 31.0 Å². The van der Waals surface area contributed by atoms with Gasteiger partial charge in [0.25, 0.3) is 0 Å². The van der Waals surface area contributed by atoms with Crippen LogP contribution in [0.1, 0.15) is 5.76 Å². The fourth-order valence-corrected chi connectivity index (χ4v) is 2.80. The molecule has 0 saturated heterocycles. The van der Waals surface area contributed by atoms with Crippen LogP contribution in [0.3, 0.4) is 0 Å². The minimum absolute atomic E-state index is 0.0594. The van der Waals surface area contributed by atoms with Crippen molar-refractivity contribution >= 4 is 0 Å². The van der Waals surface area contributed by atoms with Gasteiger partial charge in [-0.3, -0.25) is 0 Å². The number of ether oxygens (including phenoxy) is 2. The predicted molar refractivity (Wildman–Crippen MR) is 92.2 cm³/mol. The molecule has 25 heavy (non-hydrogen) atoms. The van der Waals surface area contributed by atoms with Gasteiger partial charge in [-0.25, -0.2) is 4.39 Å². The lowest BCUT2D eigenvalue weighted by atomic mass is 10.1. The van der Waals surface area contributed by atoms with Crippen LogP contribution in [0.25, 0.3) is 11.3 Å². The van der Waals surface area contributed by atoms with Gasteiger partial charge in [0.05, 0.1) is 12.1 Å². The second kappa shape index (κ2) is 6.99. The molecule has 5 heteroatoms. The molecule has 0 amide bonds. The predicted octanol–water partition coefficient (Wildman–Crippen LogP) is 4.02. The summed E-state index contributed by atoms with van der Waals surface area (Å²) in [6, 6.07) is 17.8. The summed E-state index contributed by atoms with van der Waals surface area (Å²) in [7, 11) is 0. The Morgan fingerprint density at radius 2 is 1.76 bits per heavy atom. The molecular weight excluding hydrogens is 321 g/mol. The summed E-state index contributed by atoms with van der Waals surface area (Å²) >= 11 is 0. The standard InChI is InChI=1S/C20H18FNO3/c21-17-6-2-1-5-16(17)18-10-9-14(24-18)11-22-12-15-13-23-19-7-3-4-8-20(19)25-15/h1-10,15,22H,11-13H2/t15-/m0/s1. The molecule has 0 spiro atoms. The molecule has 0 radical (unpaired) electrons. The second-order valence-electron chi connectivity index (χ2n) is 5.87. The zero-order chi connectivity index (χ0) is 17.1. The van der Waals surface area contributed by atoms with Gasteiger partial charge in [-0.15, -0.1) is 0 Å². The van der Waals surface area contributed by atoms with Crippen molar-refractivity contribution in [3.8, 4) is 22.8 Å². The summed E-state index contributed by atoms with van der Waals surface area (Å²) in [5, 5.41) is 3.29. The minimum atomic E-state index is -0.289. The maximum atomic E-state index is 13.8. The van der Waals surface area contributed by atoms with Gasteiger partial charge in [0.15, 0.2) is 11.5 Å².